The maximum atomic E-state index is 13.7. The molecular formula is C24H22ClN5O. The molecule has 0 aliphatic carbocycles. The number of para-hydroxylation sites is 2. The highest BCUT2D eigenvalue weighted by molar-refractivity contribution is 6.30. The second-order valence-corrected chi connectivity index (χ2v) is 8.20. The lowest BCUT2D eigenvalue weighted by atomic mass is 10.2. The molecule has 0 atom stereocenters. The van der Waals surface area contributed by atoms with Crippen LogP contribution in [0.3, 0.4) is 0 Å². The molecule has 0 aliphatic rings. The van der Waals surface area contributed by atoms with E-state index < -0.39 is 0 Å². The molecule has 0 aliphatic heterocycles. The first-order valence-electron chi connectivity index (χ1n) is 10.5. The third-order valence-corrected chi connectivity index (χ3v) is 5.88. The second-order valence-electron chi connectivity index (χ2n) is 7.77. The van der Waals surface area contributed by atoms with Crippen LogP contribution in [-0.4, -0.2) is 24.1 Å². The van der Waals surface area contributed by atoms with Crippen molar-refractivity contribution >= 4 is 44.8 Å². The zero-order valence-electron chi connectivity index (χ0n) is 17.5. The zero-order chi connectivity index (χ0) is 21.5. The molecule has 156 valence electrons. The molecule has 3 heterocycles. The van der Waals surface area contributed by atoms with Crippen LogP contribution in [0.2, 0.25) is 5.02 Å². The molecule has 0 bridgehead atoms. The van der Waals surface area contributed by atoms with Gasteiger partial charge in [-0.2, -0.15) is 0 Å². The quantitative estimate of drug-likeness (QED) is 0.388. The van der Waals surface area contributed by atoms with Gasteiger partial charge in [0.15, 0.2) is 11.3 Å². The number of nitrogens with zero attached hydrogens (tertiary/aromatic N) is 5. The number of benzene rings is 2. The van der Waals surface area contributed by atoms with Crippen LogP contribution in [0.25, 0.3) is 33.2 Å². The molecule has 0 radical (unpaired) electrons. The summed E-state index contributed by atoms with van der Waals surface area (Å²) in [6.07, 6.45) is 2.01. The smallest absolute Gasteiger partial charge is 0.265 e. The van der Waals surface area contributed by atoms with Gasteiger partial charge in [-0.05, 0) is 43.2 Å². The Morgan fingerprint density at radius 3 is 2.32 bits per heavy atom. The topological polar surface area (TPSA) is 65.6 Å². The van der Waals surface area contributed by atoms with Crippen LogP contribution in [0, 0.1) is 6.92 Å². The Kier molecular flexibility index (Phi) is 4.94. The van der Waals surface area contributed by atoms with Gasteiger partial charge in [0.25, 0.3) is 5.56 Å². The Hall–Kier alpha value is -3.25. The first kappa shape index (κ1) is 19.7. The van der Waals surface area contributed by atoms with Gasteiger partial charge in [0.2, 0.25) is 0 Å². The Morgan fingerprint density at radius 1 is 0.903 bits per heavy atom. The summed E-state index contributed by atoms with van der Waals surface area (Å²) in [6, 6.07) is 15.3. The molecule has 0 N–H and O–H groups in total. The highest BCUT2D eigenvalue weighted by atomic mass is 35.5. The molecule has 0 amide bonds. The maximum Gasteiger partial charge on any atom is 0.265 e. The van der Waals surface area contributed by atoms with E-state index in [-0.39, 0.29) is 5.56 Å². The number of halogens is 1. The van der Waals surface area contributed by atoms with Crippen molar-refractivity contribution < 1.29 is 0 Å². The average Bonchev–Trinajstić information content (AvgIpc) is 3.07. The molecule has 5 rings (SSSR count). The van der Waals surface area contributed by atoms with E-state index in [0.717, 1.165) is 41.6 Å². The first-order chi connectivity index (χ1) is 15.1. The Labute approximate surface area is 184 Å². The highest BCUT2D eigenvalue weighted by Gasteiger charge is 2.21. The van der Waals surface area contributed by atoms with Crippen molar-refractivity contribution in [2.45, 2.75) is 39.8 Å². The van der Waals surface area contributed by atoms with Gasteiger partial charge >= 0.3 is 0 Å². The van der Waals surface area contributed by atoms with Crippen LogP contribution in [-0.2, 0) is 13.1 Å². The molecule has 3 aromatic heterocycles. The number of hydrogen-bond acceptors (Lipinski definition) is 4. The third kappa shape index (κ3) is 3.37. The van der Waals surface area contributed by atoms with Crippen LogP contribution in [0.15, 0.2) is 53.3 Å². The largest absolute Gasteiger partial charge is 0.308 e. The van der Waals surface area contributed by atoms with E-state index in [1.165, 1.54) is 0 Å². The van der Waals surface area contributed by atoms with Gasteiger partial charge in [0.05, 0.1) is 17.6 Å². The number of hydrogen-bond donors (Lipinski definition) is 0. The predicted molar refractivity (Wildman–Crippen MR) is 125 cm³/mol. The number of aryl methyl sites for hydroxylation is 2. The fraction of sp³-hybridized carbons (Fsp3) is 0.250. The minimum absolute atomic E-state index is 0.0951. The molecule has 7 heteroatoms. The van der Waals surface area contributed by atoms with Gasteiger partial charge in [-0.15, -0.1) is 0 Å². The van der Waals surface area contributed by atoms with Gasteiger partial charge in [0.1, 0.15) is 16.7 Å². The van der Waals surface area contributed by atoms with Crippen LogP contribution in [0.4, 0.5) is 0 Å². The summed E-state index contributed by atoms with van der Waals surface area (Å²) in [4.78, 5) is 28.2. The van der Waals surface area contributed by atoms with Gasteiger partial charge in [-0.3, -0.25) is 9.36 Å². The summed E-state index contributed by atoms with van der Waals surface area (Å²) in [5, 5.41) is 1.20. The molecule has 0 spiro atoms. The molecule has 5 aromatic rings. The minimum Gasteiger partial charge on any atom is -0.308 e. The summed E-state index contributed by atoms with van der Waals surface area (Å²) < 4.78 is 3.75. The lowest BCUT2D eigenvalue weighted by molar-refractivity contribution is 0.650. The normalized spacial score (nSPS) is 11.7. The summed E-state index contributed by atoms with van der Waals surface area (Å²) in [6.45, 7) is 5.19. The van der Waals surface area contributed by atoms with Crippen molar-refractivity contribution in [3.63, 3.8) is 0 Å². The standard InChI is InChI=1S/C24H22ClN5O/c1-3-4-13-29-22-20(21-23(29)28-19-8-6-5-7-18(19)27-21)24(31)30(15(2)26-22)14-16-9-11-17(25)12-10-16/h5-12H,3-4,13-14H2,1-2H3. The number of unbranched alkanes of at least 4 members (excludes halogenated alkanes) is 1. The summed E-state index contributed by atoms with van der Waals surface area (Å²) in [7, 11) is 0. The van der Waals surface area contributed by atoms with Crippen molar-refractivity contribution in [1.29, 1.82) is 0 Å². The van der Waals surface area contributed by atoms with E-state index in [0.29, 0.717) is 33.9 Å². The molecule has 0 saturated heterocycles. The monoisotopic (exact) mass is 431 g/mol. The van der Waals surface area contributed by atoms with Gasteiger partial charge in [0, 0.05) is 11.6 Å². The summed E-state index contributed by atoms with van der Waals surface area (Å²) in [5.41, 5.74) is 4.47. The van der Waals surface area contributed by atoms with Crippen molar-refractivity contribution in [3.05, 3.63) is 75.3 Å². The molecule has 6 nitrogen and oxygen atoms in total. The van der Waals surface area contributed by atoms with Crippen molar-refractivity contribution in [2.75, 3.05) is 0 Å². The fourth-order valence-electron chi connectivity index (χ4n) is 3.98. The molecule has 0 unspecified atom stereocenters. The molecule has 31 heavy (non-hydrogen) atoms. The fourth-order valence-corrected chi connectivity index (χ4v) is 4.11. The molecule has 2 aromatic carbocycles. The SMILES string of the molecule is CCCCn1c2nc3ccccc3nc2c2c(=O)n(Cc3ccc(Cl)cc3)c(C)nc21. The zero-order valence-corrected chi connectivity index (χ0v) is 18.2. The first-order valence-corrected chi connectivity index (χ1v) is 10.8. The van der Waals surface area contributed by atoms with Crippen LogP contribution in [0.5, 0.6) is 0 Å². The highest BCUT2D eigenvalue weighted by Crippen LogP contribution is 2.26. The molecule has 0 fully saturated rings. The van der Waals surface area contributed by atoms with E-state index in [2.05, 4.69) is 11.5 Å². The van der Waals surface area contributed by atoms with Gasteiger partial charge in [-0.25, -0.2) is 15.0 Å². The Bertz CT molecular complexity index is 1480. The molecular weight excluding hydrogens is 410 g/mol. The van der Waals surface area contributed by atoms with Gasteiger partial charge < -0.3 is 4.57 Å². The van der Waals surface area contributed by atoms with Crippen molar-refractivity contribution in [1.82, 2.24) is 24.1 Å². The number of fused-ring (bicyclic) bond motifs is 4. The average molecular weight is 432 g/mol. The van der Waals surface area contributed by atoms with E-state index in [9.17, 15) is 4.79 Å². The van der Waals surface area contributed by atoms with Crippen LogP contribution >= 0.6 is 11.6 Å². The van der Waals surface area contributed by atoms with E-state index in [4.69, 9.17) is 26.6 Å². The van der Waals surface area contributed by atoms with Crippen LogP contribution in [0.1, 0.15) is 31.2 Å². The summed E-state index contributed by atoms with van der Waals surface area (Å²) >= 11 is 6.01. The Balaban J connectivity index is 1.80. The second kappa shape index (κ2) is 7.78. The van der Waals surface area contributed by atoms with E-state index in [1.54, 1.807) is 4.57 Å². The lowest BCUT2D eigenvalue weighted by Gasteiger charge is -2.11. The van der Waals surface area contributed by atoms with E-state index in [1.807, 2.05) is 55.5 Å². The number of aromatic nitrogens is 5. The lowest BCUT2D eigenvalue weighted by Crippen LogP contribution is -2.24. The maximum absolute atomic E-state index is 13.7. The van der Waals surface area contributed by atoms with Crippen molar-refractivity contribution in [2.24, 2.45) is 0 Å². The predicted octanol–water partition coefficient (Wildman–Crippen LogP) is 5.10. The Morgan fingerprint density at radius 2 is 1.61 bits per heavy atom. The van der Waals surface area contributed by atoms with Gasteiger partial charge in [-0.1, -0.05) is 49.2 Å². The minimum atomic E-state index is -0.0951. The third-order valence-electron chi connectivity index (χ3n) is 5.63. The van der Waals surface area contributed by atoms with Crippen LogP contribution < -0.4 is 5.56 Å². The molecule has 0 saturated carbocycles. The van der Waals surface area contributed by atoms with Crippen molar-refractivity contribution in [3.8, 4) is 0 Å². The number of rotatable bonds is 5. The summed E-state index contributed by atoms with van der Waals surface area (Å²) in [5.74, 6) is 0.664. The van der Waals surface area contributed by atoms with E-state index >= 15 is 0 Å².